The van der Waals surface area contributed by atoms with Crippen molar-refractivity contribution in [3.05, 3.63) is 70.9 Å². The lowest BCUT2D eigenvalue weighted by molar-refractivity contribution is -0.127. The van der Waals surface area contributed by atoms with Crippen LogP contribution in [0.3, 0.4) is 0 Å². The van der Waals surface area contributed by atoms with Crippen molar-refractivity contribution < 1.29 is 14.7 Å². The van der Waals surface area contributed by atoms with Gasteiger partial charge >= 0.3 is 0 Å². The Hall–Kier alpha value is -4.27. The zero-order chi connectivity index (χ0) is 30.2. The van der Waals surface area contributed by atoms with Gasteiger partial charge in [0.1, 0.15) is 16.6 Å². The number of anilines is 1. The number of nitriles is 1. The first-order valence-electron chi connectivity index (χ1n) is 13.9. The highest BCUT2D eigenvalue weighted by atomic mass is 32.1. The van der Waals surface area contributed by atoms with Crippen LogP contribution in [0.5, 0.6) is 0 Å². The Kier molecular flexibility index (Phi) is 7.79. The quantitative estimate of drug-likeness (QED) is 0.225. The number of carbonyl (C=O) groups is 2. The fraction of sp³-hybridized carbons (Fsp3) is 0.387. The van der Waals surface area contributed by atoms with E-state index in [0.29, 0.717) is 35.0 Å². The summed E-state index contributed by atoms with van der Waals surface area (Å²) < 4.78 is 3.61. The number of thiophene rings is 1. The molecule has 4 aromatic rings. The van der Waals surface area contributed by atoms with E-state index >= 15 is 0 Å². The van der Waals surface area contributed by atoms with Crippen LogP contribution >= 0.6 is 11.3 Å². The van der Waals surface area contributed by atoms with Crippen LogP contribution in [-0.4, -0.2) is 53.7 Å². The van der Waals surface area contributed by atoms with Crippen molar-refractivity contribution >= 4 is 40.1 Å². The van der Waals surface area contributed by atoms with E-state index in [1.807, 2.05) is 61.9 Å². The van der Waals surface area contributed by atoms with Crippen molar-refractivity contribution in [3.63, 3.8) is 0 Å². The van der Waals surface area contributed by atoms with Gasteiger partial charge in [0.2, 0.25) is 5.95 Å². The lowest BCUT2D eigenvalue weighted by Gasteiger charge is -2.26. The molecule has 5 rings (SSSR count). The standard InChI is InChI=1S/C31H35N7O3S/c1-30(2,3)17-20(18-32)28(40)36-14-6-8-22(36)19-37-24-10-9-21(31(4,5)41)16-23(24)34-29(37)35-27(39)25-11-12-26(42-25)38-15-7-13-33-38/h7,9-13,15-17,22,41H,6,8,14,19H2,1-5H3,(H,34,35,39)/b20-17+/t22-/m1/s1. The molecule has 10 nitrogen and oxygen atoms in total. The van der Waals surface area contributed by atoms with Crippen LogP contribution in [0, 0.1) is 16.7 Å². The number of aromatic nitrogens is 4. The van der Waals surface area contributed by atoms with E-state index in [2.05, 4.69) is 16.5 Å². The topological polar surface area (TPSA) is 129 Å². The van der Waals surface area contributed by atoms with Crippen molar-refractivity contribution in [1.82, 2.24) is 24.2 Å². The van der Waals surface area contributed by atoms with Crippen LogP contribution in [0.25, 0.3) is 16.0 Å². The second-order valence-electron chi connectivity index (χ2n) is 12.2. The molecule has 1 saturated heterocycles. The van der Waals surface area contributed by atoms with E-state index in [4.69, 9.17) is 4.98 Å². The van der Waals surface area contributed by atoms with Gasteiger partial charge in [0.05, 0.1) is 27.6 Å². The molecule has 1 fully saturated rings. The summed E-state index contributed by atoms with van der Waals surface area (Å²) in [6.07, 6.45) is 6.79. The van der Waals surface area contributed by atoms with Crippen molar-refractivity contribution in [2.75, 3.05) is 11.9 Å². The average molecular weight is 586 g/mol. The number of fused-ring (bicyclic) bond motifs is 1. The van der Waals surface area contributed by atoms with Gasteiger partial charge in [0, 0.05) is 25.5 Å². The largest absolute Gasteiger partial charge is 0.386 e. The Morgan fingerprint density at radius 2 is 2.00 bits per heavy atom. The van der Waals surface area contributed by atoms with E-state index in [1.54, 1.807) is 41.8 Å². The normalized spacial score (nSPS) is 16.2. The Labute approximate surface area is 248 Å². The number of nitrogens with zero attached hydrogens (tertiary/aromatic N) is 6. The van der Waals surface area contributed by atoms with E-state index in [1.165, 1.54) is 11.3 Å². The minimum absolute atomic E-state index is 0.138. The molecule has 0 bridgehead atoms. The Balaban J connectivity index is 1.48. The van der Waals surface area contributed by atoms with Crippen molar-refractivity contribution in [3.8, 4) is 11.1 Å². The van der Waals surface area contributed by atoms with Gasteiger partial charge in [-0.15, -0.1) is 11.3 Å². The fourth-order valence-corrected chi connectivity index (χ4v) is 6.00. The molecule has 0 spiro atoms. The summed E-state index contributed by atoms with van der Waals surface area (Å²) in [5, 5.41) is 28.4. The van der Waals surface area contributed by atoms with Crippen LogP contribution in [-0.2, 0) is 16.9 Å². The molecule has 218 valence electrons. The number of allylic oxidation sites excluding steroid dienone is 1. The van der Waals surface area contributed by atoms with E-state index in [0.717, 1.165) is 23.4 Å². The number of carbonyl (C=O) groups excluding carboxylic acids is 2. The zero-order valence-electron chi connectivity index (χ0n) is 24.5. The third-order valence-electron chi connectivity index (χ3n) is 7.19. The van der Waals surface area contributed by atoms with Gasteiger partial charge in [-0.3, -0.25) is 14.9 Å². The maximum Gasteiger partial charge on any atom is 0.268 e. The summed E-state index contributed by atoms with van der Waals surface area (Å²) in [4.78, 5) is 33.9. The highest BCUT2D eigenvalue weighted by Gasteiger charge is 2.33. The van der Waals surface area contributed by atoms with E-state index in [9.17, 15) is 20.0 Å². The molecule has 42 heavy (non-hydrogen) atoms. The van der Waals surface area contributed by atoms with Gasteiger partial charge in [0.25, 0.3) is 11.8 Å². The molecule has 0 saturated carbocycles. The summed E-state index contributed by atoms with van der Waals surface area (Å²) in [5.41, 5.74) is 0.845. The maximum absolute atomic E-state index is 13.5. The summed E-state index contributed by atoms with van der Waals surface area (Å²) in [5.74, 6) is -0.238. The minimum atomic E-state index is -1.07. The lowest BCUT2D eigenvalue weighted by Crippen LogP contribution is -2.39. The highest BCUT2D eigenvalue weighted by molar-refractivity contribution is 7.16. The smallest absolute Gasteiger partial charge is 0.268 e. The van der Waals surface area contributed by atoms with Crippen LogP contribution in [0.15, 0.2) is 60.4 Å². The monoisotopic (exact) mass is 585 g/mol. The van der Waals surface area contributed by atoms with Crippen LogP contribution < -0.4 is 5.32 Å². The molecule has 0 radical (unpaired) electrons. The highest BCUT2D eigenvalue weighted by Crippen LogP contribution is 2.30. The SMILES string of the molecule is CC(C)(C)/C=C(\C#N)C(=O)N1CCC[C@@H]1Cn1c(NC(=O)c2ccc(-n3cccn3)s2)nc2cc(C(C)(C)O)ccc21. The molecule has 2 amide bonds. The number of hydrogen-bond acceptors (Lipinski definition) is 7. The summed E-state index contributed by atoms with van der Waals surface area (Å²) in [6.45, 7) is 10.2. The molecular weight excluding hydrogens is 550 g/mol. The van der Waals surface area contributed by atoms with Crippen LogP contribution in [0.4, 0.5) is 5.95 Å². The molecule has 1 atom stereocenters. The number of hydrogen-bond donors (Lipinski definition) is 2. The number of likely N-dealkylation sites (tertiary alicyclic amines) is 1. The van der Waals surface area contributed by atoms with Crippen LogP contribution in [0.2, 0.25) is 0 Å². The number of aliphatic hydroxyl groups is 1. The first-order chi connectivity index (χ1) is 19.8. The number of rotatable bonds is 7. The molecule has 1 aliphatic heterocycles. The fourth-order valence-electron chi connectivity index (χ4n) is 5.16. The lowest BCUT2D eigenvalue weighted by atomic mass is 9.93. The van der Waals surface area contributed by atoms with Gasteiger partial charge in [-0.25, -0.2) is 9.67 Å². The molecule has 0 unspecified atom stereocenters. The van der Waals surface area contributed by atoms with E-state index in [-0.39, 0.29) is 28.8 Å². The number of amides is 2. The third kappa shape index (κ3) is 6.15. The molecule has 2 N–H and O–H groups in total. The van der Waals surface area contributed by atoms with Crippen molar-refractivity contribution in [1.29, 1.82) is 5.26 Å². The first-order valence-corrected chi connectivity index (χ1v) is 14.7. The molecule has 4 heterocycles. The summed E-state index contributed by atoms with van der Waals surface area (Å²) >= 11 is 1.31. The van der Waals surface area contributed by atoms with Crippen molar-refractivity contribution in [2.45, 2.75) is 65.6 Å². The number of benzene rings is 1. The average Bonchev–Trinajstić information content (AvgIpc) is 3.73. The van der Waals surface area contributed by atoms with Gasteiger partial charge < -0.3 is 14.6 Å². The van der Waals surface area contributed by atoms with E-state index < -0.39 is 5.60 Å². The van der Waals surface area contributed by atoms with Gasteiger partial charge in [-0.2, -0.15) is 10.4 Å². The second-order valence-corrected chi connectivity index (χ2v) is 13.2. The molecule has 11 heteroatoms. The molecule has 1 aromatic carbocycles. The molecule has 1 aliphatic rings. The predicted molar refractivity (Wildman–Crippen MR) is 162 cm³/mol. The maximum atomic E-state index is 13.5. The number of nitrogens with one attached hydrogen (secondary N) is 1. The third-order valence-corrected chi connectivity index (χ3v) is 8.26. The Bertz CT molecular complexity index is 1690. The van der Waals surface area contributed by atoms with Crippen LogP contribution in [0.1, 0.15) is 62.7 Å². The predicted octanol–water partition coefficient (Wildman–Crippen LogP) is 5.25. The molecule has 3 aromatic heterocycles. The second kappa shape index (κ2) is 11.2. The Morgan fingerprint density at radius 3 is 2.67 bits per heavy atom. The van der Waals surface area contributed by atoms with Crippen molar-refractivity contribution in [2.24, 2.45) is 5.41 Å². The molecular formula is C31H35N7O3S. The summed E-state index contributed by atoms with van der Waals surface area (Å²) in [6, 6.07) is 12.9. The zero-order valence-corrected chi connectivity index (χ0v) is 25.3. The van der Waals surface area contributed by atoms with Gasteiger partial charge in [-0.05, 0) is 68.0 Å². The minimum Gasteiger partial charge on any atom is -0.386 e. The van der Waals surface area contributed by atoms with Gasteiger partial charge in [-0.1, -0.05) is 32.9 Å². The summed E-state index contributed by atoms with van der Waals surface area (Å²) in [7, 11) is 0. The molecule has 0 aliphatic carbocycles. The Morgan fingerprint density at radius 1 is 1.21 bits per heavy atom. The first kappa shape index (κ1) is 29.2. The number of imidazole rings is 1. The van der Waals surface area contributed by atoms with Gasteiger partial charge in [0.15, 0.2) is 0 Å².